The quantitative estimate of drug-likeness (QED) is 0.778. The van der Waals surface area contributed by atoms with Gasteiger partial charge in [0.2, 0.25) is 0 Å². The standard InChI is InChI=1S/C15H27N3S/c1-12(2)11-16-9-8-14-17-18-15(19-14)10-13-6-4-3-5-7-13/h12-13,16H,3-11H2,1-2H3. The van der Waals surface area contributed by atoms with E-state index in [4.69, 9.17) is 0 Å². The lowest BCUT2D eigenvalue weighted by molar-refractivity contribution is 0.356. The summed E-state index contributed by atoms with van der Waals surface area (Å²) >= 11 is 1.82. The molecule has 0 spiro atoms. The summed E-state index contributed by atoms with van der Waals surface area (Å²) < 4.78 is 0. The normalized spacial score (nSPS) is 17.2. The number of nitrogens with zero attached hydrogens (tertiary/aromatic N) is 2. The molecule has 2 rings (SSSR count). The summed E-state index contributed by atoms with van der Waals surface area (Å²) in [5.41, 5.74) is 0. The van der Waals surface area contributed by atoms with Crippen LogP contribution in [0.4, 0.5) is 0 Å². The van der Waals surface area contributed by atoms with Crippen LogP contribution in [0.3, 0.4) is 0 Å². The van der Waals surface area contributed by atoms with E-state index in [0.29, 0.717) is 0 Å². The summed E-state index contributed by atoms with van der Waals surface area (Å²) in [4.78, 5) is 0. The Labute approximate surface area is 121 Å². The van der Waals surface area contributed by atoms with Gasteiger partial charge in [-0.3, -0.25) is 0 Å². The molecule has 1 heterocycles. The number of hydrogen-bond acceptors (Lipinski definition) is 4. The van der Waals surface area contributed by atoms with Crippen molar-refractivity contribution in [2.24, 2.45) is 11.8 Å². The first-order valence-electron chi connectivity index (χ1n) is 7.76. The molecule has 0 amide bonds. The van der Waals surface area contributed by atoms with Gasteiger partial charge in [0.05, 0.1) is 0 Å². The summed E-state index contributed by atoms with van der Waals surface area (Å²) in [7, 11) is 0. The molecule has 1 aliphatic carbocycles. The van der Waals surface area contributed by atoms with E-state index in [-0.39, 0.29) is 0 Å². The average Bonchev–Trinajstić information content (AvgIpc) is 2.83. The second kappa shape index (κ2) is 7.95. The van der Waals surface area contributed by atoms with Gasteiger partial charge in [-0.25, -0.2) is 0 Å². The van der Waals surface area contributed by atoms with Gasteiger partial charge in [-0.05, 0) is 18.4 Å². The van der Waals surface area contributed by atoms with Crippen molar-refractivity contribution in [1.29, 1.82) is 0 Å². The third-order valence-corrected chi connectivity index (χ3v) is 4.77. The molecule has 0 unspecified atom stereocenters. The molecule has 1 saturated carbocycles. The Morgan fingerprint density at radius 1 is 1.16 bits per heavy atom. The fraction of sp³-hybridized carbons (Fsp3) is 0.867. The minimum Gasteiger partial charge on any atom is -0.316 e. The predicted octanol–water partition coefficient (Wildman–Crippen LogP) is 3.45. The molecule has 1 aliphatic rings. The van der Waals surface area contributed by atoms with E-state index >= 15 is 0 Å². The van der Waals surface area contributed by atoms with Crippen molar-refractivity contribution in [3.8, 4) is 0 Å². The fourth-order valence-electron chi connectivity index (χ4n) is 2.70. The minimum atomic E-state index is 0.719. The maximum absolute atomic E-state index is 4.36. The van der Waals surface area contributed by atoms with Gasteiger partial charge in [-0.1, -0.05) is 46.0 Å². The van der Waals surface area contributed by atoms with E-state index in [1.54, 1.807) is 0 Å². The van der Waals surface area contributed by atoms with E-state index in [9.17, 15) is 0 Å². The Balaban J connectivity index is 1.69. The van der Waals surface area contributed by atoms with Crippen LogP contribution >= 0.6 is 11.3 Å². The van der Waals surface area contributed by atoms with Gasteiger partial charge in [-0.15, -0.1) is 21.5 Å². The monoisotopic (exact) mass is 281 g/mol. The Bertz CT molecular complexity index is 356. The topological polar surface area (TPSA) is 37.8 Å². The molecule has 0 atom stereocenters. The zero-order chi connectivity index (χ0) is 13.5. The highest BCUT2D eigenvalue weighted by Crippen LogP contribution is 2.27. The first kappa shape index (κ1) is 14.9. The van der Waals surface area contributed by atoms with Crippen molar-refractivity contribution < 1.29 is 0 Å². The molecule has 0 aromatic carbocycles. The summed E-state index contributed by atoms with van der Waals surface area (Å²) in [5, 5.41) is 14.6. The number of nitrogens with one attached hydrogen (secondary N) is 1. The molecule has 4 heteroatoms. The third kappa shape index (κ3) is 5.57. The predicted molar refractivity (Wildman–Crippen MR) is 81.6 cm³/mol. The molecule has 0 bridgehead atoms. The van der Waals surface area contributed by atoms with Crippen molar-refractivity contribution in [2.75, 3.05) is 13.1 Å². The summed E-state index contributed by atoms with van der Waals surface area (Å²) in [6, 6.07) is 0. The third-order valence-electron chi connectivity index (χ3n) is 3.76. The molecule has 1 fully saturated rings. The Hall–Kier alpha value is -0.480. The lowest BCUT2D eigenvalue weighted by Gasteiger charge is -2.19. The molecular formula is C15H27N3S. The van der Waals surface area contributed by atoms with Crippen LogP contribution in [0.2, 0.25) is 0 Å². The molecule has 1 aromatic heterocycles. The summed E-state index contributed by atoms with van der Waals surface area (Å²) in [6.45, 7) is 6.59. The van der Waals surface area contributed by atoms with E-state index in [0.717, 1.165) is 37.8 Å². The van der Waals surface area contributed by atoms with Crippen LogP contribution < -0.4 is 5.32 Å². The van der Waals surface area contributed by atoms with Gasteiger partial charge in [0, 0.05) is 19.4 Å². The van der Waals surface area contributed by atoms with Crippen molar-refractivity contribution in [2.45, 2.75) is 58.8 Å². The average molecular weight is 281 g/mol. The van der Waals surface area contributed by atoms with Crippen LogP contribution in [0.15, 0.2) is 0 Å². The van der Waals surface area contributed by atoms with Crippen LogP contribution in [-0.2, 0) is 12.8 Å². The van der Waals surface area contributed by atoms with E-state index in [1.807, 2.05) is 11.3 Å². The van der Waals surface area contributed by atoms with Gasteiger partial charge >= 0.3 is 0 Å². The molecular weight excluding hydrogens is 254 g/mol. The largest absolute Gasteiger partial charge is 0.316 e. The van der Waals surface area contributed by atoms with Crippen molar-refractivity contribution in [1.82, 2.24) is 15.5 Å². The van der Waals surface area contributed by atoms with Gasteiger partial charge < -0.3 is 5.32 Å². The summed E-state index contributed by atoms with van der Waals surface area (Å²) in [6.07, 6.45) is 9.23. The number of hydrogen-bond donors (Lipinski definition) is 1. The van der Waals surface area contributed by atoms with Gasteiger partial charge in [0.1, 0.15) is 10.0 Å². The maximum atomic E-state index is 4.36. The molecule has 0 radical (unpaired) electrons. The van der Waals surface area contributed by atoms with Crippen molar-refractivity contribution in [3.05, 3.63) is 10.0 Å². The number of aromatic nitrogens is 2. The minimum absolute atomic E-state index is 0.719. The van der Waals surface area contributed by atoms with Crippen LogP contribution in [0.5, 0.6) is 0 Å². The van der Waals surface area contributed by atoms with Crippen LogP contribution in [0.25, 0.3) is 0 Å². The lowest BCUT2D eigenvalue weighted by atomic mass is 9.87. The van der Waals surface area contributed by atoms with Crippen molar-refractivity contribution >= 4 is 11.3 Å². The highest BCUT2D eigenvalue weighted by Gasteiger charge is 2.16. The van der Waals surface area contributed by atoms with Crippen LogP contribution in [0.1, 0.15) is 56.0 Å². The smallest absolute Gasteiger partial charge is 0.118 e. The molecule has 0 aliphatic heterocycles. The second-order valence-electron chi connectivity index (χ2n) is 6.15. The fourth-order valence-corrected chi connectivity index (χ4v) is 3.65. The molecule has 1 aromatic rings. The van der Waals surface area contributed by atoms with Gasteiger partial charge in [-0.2, -0.15) is 0 Å². The van der Waals surface area contributed by atoms with Crippen molar-refractivity contribution in [3.63, 3.8) is 0 Å². The molecule has 0 saturated heterocycles. The SMILES string of the molecule is CC(C)CNCCc1nnc(CC2CCCCC2)s1. The lowest BCUT2D eigenvalue weighted by Crippen LogP contribution is -2.22. The Kier molecular flexibility index (Phi) is 6.24. The molecule has 108 valence electrons. The van der Waals surface area contributed by atoms with Gasteiger partial charge in [0.25, 0.3) is 0 Å². The van der Waals surface area contributed by atoms with E-state index in [2.05, 4.69) is 29.4 Å². The molecule has 3 nitrogen and oxygen atoms in total. The Morgan fingerprint density at radius 2 is 1.89 bits per heavy atom. The first-order valence-corrected chi connectivity index (χ1v) is 8.57. The second-order valence-corrected chi connectivity index (χ2v) is 7.29. The highest BCUT2D eigenvalue weighted by molar-refractivity contribution is 7.11. The Morgan fingerprint density at radius 3 is 2.63 bits per heavy atom. The summed E-state index contributed by atoms with van der Waals surface area (Å²) in [5.74, 6) is 1.59. The zero-order valence-corrected chi connectivity index (χ0v) is 13.1. The zero-order valence-electron chi connectivity index (χ0n) is 12.3. The van der Waals surface area contributed by atoms with E-state index in [1.165, 1.54) is 42.1 Å². The maximum Gasteiger partial charge on any atom is 0.118 e. The number of rotatable bonds is 7. The first-order chi connectivity index (χ1) is 9.24. The highest BCUT2D eigenvalue weighted by atomic mass is 32.1. The van der Waals surface area contributed by atoms with E-state index < -0.39 is 0 Å². The molecule has 19 heavy (non-hydrogen) atoms. The van der Waals surface area contributed by atoms with Crippen LogP contribution in [0, 0.1) is 11.8 Å². The van der Waals surface area contributed by atoms with Crippen LogP contribution in [-0.4, -0.2) is 23.3 Å². The van der Waals surface area contributed by atoms with Gasteiger partial charge in [0.15, 0.2) is 0 Å². The molecule has 1 N–H and O–H groups in total.